The highest BCUT2D eigenvalue weighted by Gasteiger charge is 2.35. The summed E-state index contributed by atoms with van der Waals surface area (Å²) in [6.07, 6.45) is 6.52. The molecule has 0 N–H and O–H groups in total. The third-order valence-electron chi connectivity index (χ3n) is 6.86. The molecule has 0 spiro atoms. The average Bonchev–Trinajstić information content (AvgIpc) is 3.31. The first-order chi connectivity index (χ1) is 17.5. The van der Waals surface area contributed by atoms with Crippen molar-refractivity contribution in [3.63, 3.8) is 0 Å². The molecule has 1 fully saturated rings. The summed E-state index contributed by atoms with van der Waals surface area (Å²) < 4.78 is 25.7. The summed E-state index contributed by atoms with van der Waals surface area (Å²) in [6.45, 7) is 6.73. The Morgan fingerprint density at radius 3 is 2.56 bits per heavy atom. The highest BCUT2D eigenvalue weighted by Crippen LogP contribution is 2.31. The normalized spacial score (nSPS) is 15.6. The van der Waals surface area contributed by atoms with E-state index in [4.69, 9.17) is 30.5 Å². The zero-order valence-electron chi connectivity index (χ0n) is 21.4. The van der Waals surface area contributed by atoms with Crippen LogP contribution in [0.1, 0.15) is 30.7 Å². The second-order valence-electron chi connectivity index (χ2n) is 9.26. The molecule has 7 nitrogen and oxygen atoms in total. The summed E-state index contributed by atoms with van der Waals surface area (Å²) >= 11 is 6.09. The van der Waals surface area contributed by atoms with Gasteiger partial charge in [0.05, 0.1) is 13.7 Å². The Bertz CT molecular complexity index is 1110. The number of benzene rings is 2. The van der Waals surface area contributed by atoms with Gasteiger partial charge in [-0.1, -0.05) is 23.7 Å². The summed E-state index contributed by atoms with van der Waals surface area (Å²) in [6, 6.07) is 13.7. The van der Waals surface area contributed by atoms with Crippen molar-refractivity contribution in [3.8, 4) is 17.2 Å². The van der Waals surface area contributed by atoms with Gasteiger partial charge in [0.2, 0.25) is 0 Å². The van der Waals surface area contributed by atoms with Gasteiger partial charge < -0.3 is 23.5 Å². The topological polar surface area (TPSA) is 58.0 Å². The number of imidazole rings is 1. The highest BCUT2D eigenvalue weighted by atomic mass is 35.5. The number of hydrogen-bond donors (Lipinski definition) is 0. The number of hydrogen-bond acceptors (Lipinski definition) is 6. The van der Waals surface area contributed by atoms with Crippen molar-refractivity contribution in [2.24, 2.45) is 0 Å². The third kappa shape index (κ3) is 6.93. The Morgan fingerprint density at radius 1 is 1.03 bits per heavy atom. The van der Waals surface area contributed by atoms with Crippen LogP contribution in [0.3, 0.4) is 0 Å². The molecule has 4 rings (SSSR count). The lowest BCUT2D eigenvalue weighted by atomic mass is 9.91. The van der Waals surface area contributed by atoms with Crippen molar-refractivity contribution in [2.45, 2.75) is 44.9 Å². The van der Waals surface area contributed by atoms with Crippen LogP contribution in [0.25, 0.3) is 0 Å². The SMILES string of the molecule is COc1ccc(CN2CCC(COc3cccc(Cl)c3)(OC)CC2)cc1OCCCn1ccnc1C. The maximum Gasteiger partial charge on any atom is 0.161 e. The molecule has 36 heavy (non-hydrogen) atoms. The van der Waals surface area contributed by atoms with Gasteiger partial charge in [-0.3, -0.25) is 4.90 Å². The van der Waals surface area contributed by atoms with Gasteiger partial charge in [-0.25, -0.2) is 4.98 Å². The fourth-order valence-corrected chi connectivity index (χ4v) is 4.73. The van der Waals surface area contributed by atoms with Gasteiger partial charge >= 0.3 is 0 Å². The molecular formula is C28H36ClN3O4. The lowest BCUT2D eigenvalue weighted by Crippen LogP contribution is -2.48. The van der Waals surface area contributed by atoms with Crippen LogP contribution in [-0.4, -0.2) is 60.6 Å². The molecule has 0 atom stereocenters. The van der Waals surface area contributed by atoms with Gasteiger partial charge in [0.1, 0.15) is 23.8 Å². The molecule has 0 aliphatic carbocycles. The van der Waals surface area contributed by atoms with E-state index in [2.05, 4.69) is 26.6 Å². The van der Waals surface area contributed by atoms with Crippen molar-refractivity contribution in [2.75, 3.05) is 40.5 Å². The molecule has 1 aliphatic heterocycles. The molecule has 2 aromatic carbocycles. The van der Waals surface area contributed by atoms with E-state index in [1.165, 1.54) is 5.56 Å². The molecule has 0 saturated carbocycles. The Hall–Kier alpha value is -2.74. The van der Waals surface area contributed by atoms with Gasteiger partial charge in [-0.15, -0.1) is 0 Å². The Balaban J connectivity index is 1.28. The minimum absolute atomic E-state index is 0.291. The Labute approximate surface area is 218 Å². The number of nitrogens with zero attached hydrogens (tertiary/aromatic N) is 3. The van der Waals surface area contributed by atoms with Gasteiger partial charge in [0.15, 0.2) is 11.5 Å². The number of methoxy groups -OCH3 is 2. The van der Waals surface area contributed by atoms with Crippen molar-refractivity contribution in [1.29, 1.82) is 0 Å². The lowest BCUT2D eigenvalue weighted by Gasteiger charge is -2.40. The number of halogens is 1. The fraction of sp³-hybridized carbons (Fsp3) is 0.464. The molecule has 1 saturated heterocycles. The number of aromatic nitrogens is 2. The first kappa shape index (κ1) is 26.3. The van der Waals surface area contributed by atoms with Crippen molar-refractivity contribution < 1.29 is 18.9 Å². The molecule has 1 aliphatic rings. The van der Waals surface area contributed by atoms with Crippen LogP contribution < -0.4 is 14.2 Å². The first-order valence-corrected chi connectivity index (χ1v) is 12.8. The maximum atomic E-state index is 6.11. The zero-order chi connectivity index (χ0) is 25.4. The van der Waals surface area contributed by atoms with Crippen LogP contribution in [0.15, 0.2) is 54.9 Å². The quantitative estimate of drug-likeness (QED) is 0.303. The van der Waals surface area contributed by atoms with Gasteiger partial charge in [0.25, 0.3) is 0 Å². The molecule has 3 aromatic rings. The predicted molar refractivity (Wildman–Crippen MR) is 141 cm³/mol. The van der Waals surface area contributed by atoms with E-state index < -0.39 is 0 Å². The van der Waals surface area contributed by atoms with E-state index in [0.29, 0.717) is 18.2 Å². The van der Waals surface area contributed by atoms with Crippen LogP contribution in [0.4, 0.5) is 0 Å². The van der Waals surface area contributed by atoms with Crippen LogP contribution >= 0.6 is 11.6 Å². The molecule has 0 radical (unpaired) electrons. The smallest absolute Gasteiger partial charge is 0.161 e. The standard InChI is InChI=1S/C28H36ClN3O4/c1-22-30-12-16-32(22)13-5-17-35-27-18-23(8-9-26(27)33-2)20-31-14-10-28(34-3,11-15-31)21-36-25-7-4-6-24(29)19-25/h4,6-9,12,16,18-19H,5,10-11,13-15,17,20-21H2,1-3H3. The molecule has 2 heterocycles. The van der Waals surface area contributed by atoms with E-state index in [9.17, 15) is 0 Å². The monoisotopic (exact) mass is 513 g/mol. The second kappa shape index (κ2) is 12.5. The van der Waals surface area contributed by atoms with Crippen LogP contribution in [0, 0.1) is 6.92 Å². The van der Waals surface area contributed by atoms with Crippen LogP contribution in [0.2, 0.25) is 5.02 Å². The molecule has 8 heteroatoms. The molecule has 0 amide bonds. The summed E-state index contributed by atoms with van der Waals surface area (Å²) in [5.74, 6) is 3.33. The third-order valence-corrected chi connectivity index (χ3v) is 7.09. The average molecular weight is 514 g/mol. The minimum atomic E-state index is -0.291. The highest BCUT2D eigenvalue weighted by molar-refractivity contribution is 6.30. The predicted octanol–water partition coefficient (Wildman–Crippen LogP) is 5.38. The summed E-state index contributed by atoms with van der Waals surface area (Å²) in [5.41, 5.74) is 0.914. The number of piperidine rings is 1. The van der Waals surface area contributed by atoms with E-state index >= 15 is 0 Å². The van der Waals surface area contributed by atoms with Crippen LogP contribution in [-0.2, 0) is 17.8 Å². The Kier molecular flexibility index (Phi) is 9.13. The lowest BCUT2D eigenvalue weighted by molar-refractivity contribution is -0.0839. The van der Waals surface area contributed by atoms with Gasteiger partial charge in [0, 0.05) is 50.7 Å². The van der Waals surface area contributed by atoms with E-state index in [1.807, 2.05) is 49.6 Å². The maximum absolute atomic E-state index is 6.11. The minimum Gasteiger partial charge on any atom is -0.493 e. The summed E-state index contributed by atoms with van der Waals surface area (Å²) in [4.78, 5) is 6.72. The molecule has 0 unspecified atom stereocenters. The van der Waals surface area contributed by atoms with E-state index in [1.54, 1.807) is 14.2 Å². The Morgan fingerprint density at radius 2 is 1.86 bits per heavy atom. The fourth-order valence-electron chi connectivity index (χ4n) is 4.55. The first-order valence-electron chi connectivity index (χ1n) is 12.4. The van der Waals surface area contributed by atoms with Crippen molar-refractivity contribution in [3.05, 3.63) is 71.3 Å². The molecule has 0 bridgehead atoms. The second-order valence-corrected chi connectivity index (χ2v) is 9.70. The van der Waals surface area contributed by atoms with E-state index in [-0.39, 0.29) is 5.60 Å². The number of rotatable bonds is 12. The van der Waals surface area contributed by atoms with Crippen molar-refractivity contribution >= 4 is 11.6 Å². The molecule has 1 aromatic heterocycles. The van der Waals surface area contributed by atoms with Crippen molar-refractivity contribution in [1.82, 2.24) is 14.5 Å². The zero-order valence-corrected chi connectivity index (χ0v) is 22.2. The number of ether oxygens (including phenoxy) is 4. The van der Waals surface area contributed by atoms with E-state index in [0.717, 1.165) is 68.5 Å². The van der Waals surface area contributed by atoms with Gasteiger partial charge in [-0.2, -0.15) is 0 Å². The summed E-state index contributed by atoms with van der Waals surface area (Å²) in [7, 11) is 3.45. The largest absolute Gasteiger partial charge is 0.493 e. The van der Waals surface area contributed by atoms with Gasteiger partial charge in [-0.05, 0) is 62.1 Å². The molecule has 194 valence electrons. The number of aryl methyl sites for hydroxylation is 2. The summed E-state index contributed by atoms with van der Waals surface area (Å²) in [5, 5.41) is 0.671. The number of likely N-dealkylation sites (tertiary alicyclic amines) is 1. The molecular weight excluding hydrogens is 478 g/mol. The van der Waals surface area contributed by atoms with Crippen LogP contribution in [0.5, 0.6) is 17.2 Å².